The summed E-state index contributed by atoms with van der Waals surface area (Å²) in [5.74, 6) is 1.56. The molecule has 23 heavy (non-hydrogen) atoms. The molecule has 1 amide bonds. The summed E-state index contributed by atoms with van der Waals surface area (Å²) in [5.41, 5.74) is 2.44. The summed E-state index contributed by atoms with van der Waals surface area (Å²) >= 11 is 1.65. The van der Waals surface area contributed by atoms with Gasteiger partial charge >= 0.3 is 0 Å². The zero-order valence-electron chi connectivity index (χ0n) is 13.5. The molecule has 1 atom stereocenters. The molecule has 0 saturated carbocycles. The van der Waals surface area contributed by atoms with Gasteiger partial charge in [-0.3, -0.25) is 4.79 Å². The van der Waals surface area contributed by atoms with E-state index in [-0.39, 0.29) is 5.91 Å². The number of amides is 1. The van der Waals surface area contributed by atoms with Gasteiger partial charge in [0, 0.05) is 19.0 Å². The highest BCUT2D eigenvalue weighted by Gasteiger charge is 2.23. The average molecular weight is 329 g/mol. The maximum Gasteiger partial charge on any atom is 0.227 e. The van der Waals surface area contributed by atoms with Gasteiger partial charge in [-0.1, -0.05) is 18.6 Å². The lowest BCUT2D eigenvalue weighted by Gasteiger charge is -2.25. The van der Waals surface area contributed by atoms with Crippen LogP contribution in [0, 0.1) is 0 Å². The van der Waals surface area contributed by atoms with Crippen LogP contribution < -0.4 is 4.74 Å². The van der Waals surface area contributed by atoms with E-state index in [9.17, 15) is 4.79 Å². The first-order chi connectivity index (χ1) is 11.3. The Morgan fingerprint density at radius 2 is 2.09 bits per heavy atom. The lowest BCUT2D eigenvalue weighted by Crippen LogP contribution is -2.35. The number of benzene rings is 1. The zero-order valence-corrected chi connectivity index (χ0v) is 14.3. The lowest BCUT2D eigenvalue weighted by molar-refractivity contribution is -0.130. The number of rotatable bonds is 4. The van der Waals surface area contributed by atoms with Crippen LogP contribution in [0.3, 0.4) is 0 Å². The van der Waals surface area contributed by atoms with E-state index < -0.39 is 0 Å². The number of hydrogen-bond acceptors (Lipinski definition) is 3. The van der Waals surface area contributed by atoms with Crippen molar-refractivity contribution in [3.05, 3.63) is 52.2 Å². The number of ether oxygens (including phenoxy) is 1. The number of carbonyl (C=O) groups excluding carboxylic acids is 1. The predicted octanol–water partition coefficient (Wildman–Crippen LogP) is 4.10. The second kappa shape index (κ2) is 7.64. The Balaban J connectivity index is 1.68. The second-order valence-electron chi connectivity index (χ2n) is 6.11. The van der Waals surface area contributed by atoms with Crippen LogP contribution in [-0.4, -0.2) is 31.0 Å². The van der Waals surface area contributed by atoms with Crippen LogP contribution in [0.25, 0.3) is 0 Å². The topological polar surface area (TPSA) is 29.5 Å². The van der Waals surface area contributed by atoms with Crippen LogP contribution in [0.1, 0.15) is 36.3 Å². The molecule has 2 aromatic rings. The Kier molecular flexibility index (Phi) is 5.34. The first-order valence-corrected chi connectivity index (χ1v) is 9.13. The fourth-order valence-corrected chi connectivity index (χ4v) is 3.86. The smallest absolute Gasteiger partial charge is 0.227 e. The van der Waals surface area contributed by atoms with Crippen molar-refractivity contribution in [1.82, 2.24) is 4.90 Å². The van der Waals surface area contributed by atoms with Crippen LogP contribution in [0.15, 0.2) is 41.1 Å². The third-order valence-electron chi connectivity index (χ3n) is 4.55. The van der Waals surface area contributed by atoms with Gasteiger partial charge < -0.3 is 9.64 Å². The molecule has 0 aliphatic carbocycles. The summed E-state index contributed by atoms with van der Waals surface area (Å²) in [6.45, 7) is 1.71. The van der Waals surface area contributed by atoms with E-state index >= 15 is 0 Å². The number of nitrogens with zero attached hydrogens (tertiary/aromatic N) is 1. The first-order valence-electron chi connectivity index (χ1n) is 8.19. The van der Waals surface area contributed by atoms with Crippen molar-refractivity contribution in [3.8, 4) is 5.75 Å². The minimum absolute atomic E-state index is 0.254. The van der Waals surface area contributed by atoms with Gasteiger partial charge in [0.15, 0.2) is 0 Å². The highest BCUT2D eigenvalue weighted by molar-refractivity contribution is 7.07. The van der Waals surface area contributed by atoms with Crippen LogP contribution in [0.5, 0.6) is 5.75 Å². The molecular formula is C19H23NO2S. The third kappa shape index (κ3) is 4.14. The number of methoxy groups -OCH3 is 1. The van der Waals surface area contributed by atoms with Crippen molar-refractivity contribution in [3.63, 3.8) is 0 Å². The maximum atomic E-state index is 12.6. The third-order valence-corrected chi connectivity index (χ3v) is 5.28. The van der Waals surface area contributed by atoms with E-state index in [1.54, 1.807) is 18.4 Å². The van der Waals surface area contributed by atoms with Crippen molar-refractivity contribution >= 4 is 17.2 Å². The SMILES string of the molecule is COc1ccc([C@@H]2CCCCN(C(=O)Cc3ccsc3)C2)cc1. The summed E-state index contributed by atoms with van der Waals surface area (Å²) in [5, 5.41) is 4.10. The highest BCUT2D eigenvalue weighted by Crippen LogP contribution is 2.28. The molecular weight excluding hydrogens is 306 g/mol. The standard InChI is InChI=1S/C19H23NO2S/c1-22-18-7-5-16(6-8-18)17-4-2-3-10-20(13-17)19(21)12-15-9-11-23-14-15/h5-9,11,14,17H,2-4,10,12-13H2,1H3/t17-/m1/s1. The molecule has 1 aromatic heterocycles. The minimum atomic E-state index is 0.254. The van der Waals surface area contributed by atoms with Gasteiger partial charge in [0.25, 0.3) is 0 Å². The van der Waals surface area contributed by atoms with Crippen molar-refractivity contribution in [2.75, 3.05) is 20.2 Å². The maximum absolute atomic E-state index is 12.6. The monoisotopic (exact) mass is 329 g/mol. The molecule has 1 fully saturated rings. The molecule has 3 nitrogen and oxygen atoms in total. The Bertz CT molecular complexity index is 621. The molecule has 3 rings (SSSR count). The summed E-state index contributed by atoms with van der Waals surface area (Å²) in [7, 11) is 1.69. The quantitative estimate of drug-likeness (QED) is 0.845. The van der Waals surface area contributed by atoms with Crippen molar-refractivity contribution in [2.24, 2.45) is 0 Å². The van der Waals surface area contributed by atoms with Crippen LogP contribution in [0.2, 0.25) is 0 Å². The number of likely N-dealkylation sites (tertiary alicyclic amines) is 1. The summed E-state index contributed by atoms with van der Waals surface area (Å²) in [4.78, 5) is 14.7. The summed E-state index contributed by atoms with van der Waals surface area (Å²) < 4.78 is 5.24. The van der Waals surface area contributed by atoms with Crippen molar-refractivity contribution in [1.29, 1.82) is 0 Å². The Hall–Kier alpha value is -1.81. The fraction of sp³-hybridized carbons (Fsp3) is 0.421. The van der Waals surface area contributed by atoms with Gasteiger partial charge in [0.1, 0.15) is 5.75 Å². The van der Waals surface area contributed by atoms with Gasteiger partial charge in [-0.2, -0.15) is 11.3 Å². The molecule has 1 aliphatic heterocycles. The predicted molar refractivity (Wildman–Crippen MR) is 94.2 cm³/mol. The molecule has 122 valence electrons. The zero-order chi connectivity index (χ0) is 16.1. The minimum Gasteiger partial charge on any atom is -0.497 e. The Morgan fingerprint density at radius 3 is 2.78 bits per heavy atom. The van der Waals surface area contributed by atoms with Crippen molar-refractivity contribution in [2.45, 2.75) is 31.6 Å². The molecule has 0 spiro atoms. The number of thiophene rings is 1. The molecule has 4 heteroatoms. The Morgan fingerprint density at radius 1 is 1.26 bits per heavy atom. The van der Waals surface area contributed by atoms with E-state index in [1.807, 2.05) is 23.6 Å². The normalized spacial score (nSPS) is 18.5. The largest absolute Gasteiger partial charge is 0.497 e. The van der Waals surface area contributed by atoms with E-state index in [0.717, 1.165) is 37.2 Å². The lowest BCUT2D eigenvalue weighted by atomic mass is 9.94. The van der Waals surface area contributed by atoms with E-state index in [2.05, 4.69) is 22.4 Å². The molecule has 1 aromatic carbocycles. The number of carbonyl (C=O) groups is 1. The fourth-order valence-electron chi connectivity index (χ4n) is 3.20. The van der Waals surface area contributed by atoms with Gasteiger partial charge in [-0.25, -0.2) is 0 Å². The average Bonchev–Trinajstić information content (AvgIpc) is 2.96. The summed E-state index contributed by atoms with van der Waals surface area (Å²) in [6.07, 6.45) is 3.95. The van der Waals surface area contributed by atoms with Gasteiger partial charge in [-0.15, -0.1) is 0 Å². The van der Waals surface area contributed by atoms with Crippen LogP contribution in [0.4, 0.5) is 0 Å². The van der Waals surface area contributed by atoms with Gasteiger partial charge in [0.05, 0.1) is 13.5 Å². The van der Waals surface area contributed by atoms with Gasteiger partial charge in [-0.05, 0) is 52.9 Å². The summed E-state index contributed by atoms with van der Waals surface area (Å²) in [6, 6.07) is 10.3. The molecule has 1 saturated heterocycles. The molecule has 0 radical (unpaired) electrons. The molecule has 1 aliphatic rings. The second-order valence-corrected chi connectivity index (χ2v) is 6.89. The van der Waals surface area contributed by atoms with E-state index in [4.69, 9.17) is 4.74 Å². The Labute approximate surface area is 141 Å². The molecule has 0 N–H and O–H groups in total. The molecule has 0 unspecified atom stereocenters. The van der Waals surface area contributed by atoms with Crippen molar-refractivity contribution < 1.29 is 9.53 Å². The van der Waals surface area contributed by atoms with Crippen LogP contribution >= 0.6 is 11.3 Å². The number of hydrogen-bond donors (Lipinski definition) is 0. The molecule has 2 heterocycles. The van der Waals surface area contributed by atoms with E-state index in [1.165, 1.54) is 12.0 Å². The first kappa shape index (κ1) is 16.1. The molecule has 0 bridgehead atoms. The van der Waals surface area contributed by atoms with Gasteiger partial charge in [0.2, 0.25) is 5.91 Å². The van der Waals surface area contributed by atoms with Crippen LogP contribution in [-0.2, 0) is 11.2 Å². The van der Waals surface area contributed by atoms with E-state index in [0.29, 0.717) is 12.3 Å². The highest BCUT2D eigenvalue weighted by atomic mass is 32.1.